The Morgan fingerprint density at radius 2 is 1.95 bits per heavy atom. The van der Waals surface area contributed by atoms with Crippen molar-refractivity contribution in [3.63, 3.8) is 0 Å². The highest BCUT2D eigenvalue weighted by Crippen LogP contribution is 2.40. The number of hydrogen-bond donors (Lipinski definition) is 1. The number of sulfonamides is 1. The molecule has 3 aliphatic rings. The molecule has 2 aliphatic carbocycles. The summed E-state index contributed by atoms with van der Waals surface area (Å²) in [5.41, 5.74) is -0.583. The van der Waals surface area contributed by atoms with Crippen molar-refractivity contribution in [1.82, 2.24) is 4.31 Å². The molecule has 2 atom stereocenters. The van der Waals surface area contributed by atoms with Gasteiger partial charge in [0.15, 0.2) is 0 Å². The minimum atomic E-state index is -3.09. The van der Waals surface area contributed by atoms with Gasteiger partial charge in [-0.25, -0.2) is 12.7 Å². The van der Waals surface area contributed by atoms with E-state index in [0.29, 0.717) is 31.2 Å². The molecule has 3 fully saturated rings. The molecular formula is C14H25NO3S. The number of nitrogens with zero attached hydrogens (tertiary/aromatic N) is 1. The first kappa shape index (κ1) is 13.8. The average molecular weight is 287 g/mol. The number of fused-ring (bicyclic) bond motifs is 1. The van der Waals surface area contributed by atoms with Gasteiger partial charge < -0.3 is 5.11 Å². The molecular weight excluding hydrogens is 262 g/mol. The SMILES string of the molecule is O=S(=O)(CCC1CC1)N1CCC2(O)CCCCC2C1. The number of aliphatic hydroxyl groups is 1. The van der Waals surface area contributed by atoms with E-state index in [1.165, 1.54) is 12.8 Å². The van der Waals surface area contributed by atoms with Gasteiger partial charge in [-0.2, -0.15) is 0 Å². The molecule has 3 rings (SSSR count). The van der Waals surface area contributed by atoms with Gasteiger partial charge in [0.05, 0.1) is 11.4 Å². The van der Waals surface area contributed by atoms with Crippen molar-refractivity contribution in [2.45, 2.75) is 57.0 Å². The van der Waals surface area contributed by atoms with Crippen molar-refractivity contribution in [2.24, 2.45) is 11.8 Å². The van der Waals surface area contributed by atoms with Crippen LogP contribution in [0.4, 0.5) is 0 Å². The molecule has 0 aromatic rings. The monoisotopic (exact) mass is 287 g/mol. The summed E-state index contributed by atoms with van der Waals surface area (Å²) in [5.74, 6) is 1.12. The van der Waals surface area contributed by atoms with E-state index >= 15 is 0 Å². The molecule has 110 valence electrons. The van der Waals surface area contributed by atoms with Gasteiger partial charge in [0.25, 0.3) is 0 Å². The first-order valence-corrected chi connectivity index (χ1v) is 9.31. The summed E-state index contributed by atoms with van der Waals surface area (Å²) in [4.78, 5) is 0. The van der Waals surface area contributed by atoms with Gasteiger partial charge in [-0.1, -0.05) is 25.7 Å². The Hall–Kier alpha value is -0.130. The minimum Gasteiger partial charge on any atom is -0.390 e. The highest BCUT2D eigenvalue weighted by molar-refractivity contribution is 7.89. The highest BCUT2D eigenvalue weighted by Gasteiger charge is 2.45. The molecule has 2 saturated carbocycles. The second-order valence-electron chi connectivity index (χ2n) is 6.70. The van der Waals surface area contributed by atoms with Crippen molar-refractivity contribution in [2.75, 3.05) is 18.8 Å². The van der Waals surface area contributed by atoms with Crippen molar-refractivity contribution in [3.05, 3.63) is 0 Å². The Bertz CT molecular complexity index is 432. The summed E-state index contributed by atoms with van der Waals surface area (Å²) < 4.78 is 26.3. The van der Waals surface area contributed by atoms with Crippen molar-refractivity contribution >= 4 is 10.0 Å². The Labute approximate surface area is 116 Å². The van der Waals surface area contributed by atoms with Gasteiger partial charge >= 0.3 is 0 Å². The van der Waals surface area contributed by atoms with Crippen LogP contribution in [0.15, 0.2) is 0 Å². The second kappa shape index (κ2) is 5.01. The van der Waals surface area contributed by atoms with Gasteiger partial charge in [-0.3, -0.25) is 0 Å². The molecule has 0 spiro atoms. The maximum absolute atomic E-state index is 12.3. The lowest BCUT2D eigenvalue weighted by molar-refractivity contribution is -0.0816. The Morgan fingerprint density at radius 1 is 1.16 bits per heavy atom. The Balaban J connectivity index is 1.62. The zero-order valence-corrected chi connectivity index (χ0v) is 12.4. The van der Waals surface area contributed by atoms with Crippen molar-refractivity contribution in [3.8, 4) is 0 Å². The number of piperidine rings is 1. The third kappa shape index (κ3) is 2.98. The predicted molar refractivity (Wildman–Crippen MR) is 74.2 cm³/mol. The minimum absolute atomic E-state index is 0.158. The highest BCUT2D eigenvalue weighted by atomic mass is 32.2. The molecule has 5 heteroatoms. The van der Waals surface area contributed by atoms with Crippen LogP contribution in [0.2, 0.25) is 0 Å². The van der Waals surface area contributed by atoms with E-state index < -0.39 is 15.6 Å². The number of rotatable bonds is 4. The Morgan fingerprint density at radius 3 is 2.68 bits per heavy atom. The van der Waals surface area contributed by atoms with E-state index in [2.05, 4.69) is 0 Å². The summed E-state index contributed by atoms with van der Waals surface area (Å²) in [6.45, 7) is 1.06. The number of hydrogen-bond acceptors (Lipinski definition) is 3. The van der Waals surface area contributed by atoms with Gasteiger partial charge in [0.2, 0.25) is 10.0 Å². The molecule has 2 unspecified atom stereocenters. The summed E-state index contributed by atoms with van der Waals surface area (Å²) in [6.07, 6.45) is 7.91. The molecule has 1 N–H and O–H groups in total. The van der Waals surface area contributed by atoms with E-state index in [1.54, 1.807) is 4.31 Å². The zero-order chi connectivity index (χ0) is 13.5. The molecule has 0 aromatic heterocycles. The van der Waals surface area contributed by atoms with Gasteiger partial charge in [-0.15, -0.1) is 0 Å². The van der Waals surface area contributed by atoms with Gasteiger partial charge in [0, 0.05) is 19.0 Å². The summed E-state index contributed by atoms with van der Waals surface area (Å²) in [5, 5.41) is 10.6. The fraction of sp³-hybridized carbons (Fsp3) is 1.00. The quantitative estimate of drug-likeness (QED) is 0.857. The van der Waals surface area contributed by atoms with Crippen LogP contribution in [-0.4, -0.2) is 42.3 Å². The average Bonchev–Trinajstić information content (AvgIpc) is 3.19. The van der Waals surface area contributed by atoms with Gasteiger partial charge in [-0.05, 0) is 31.6 Å². The van der Waals surface area contributed by atoms with Crippen LogP contribution in [0.5, 0.6) is 0 Å². The van der Waals surface area contributed by atoms with Crippen LogP contribution >= 0.6 is 0 Å². The maximum atomic E-state index is 12.3. The molecule has 0 aromatic carbocycles. The molecule has 1 aliphatic heterocycles. The first-order valence-electron chi connectivity index (χ1n) is 7.70. The Kier molecular flexibility index (Phi) is 3.65. The molecule has 1 saturated heterocycles. The van der Waals surface area contributed by atoms with E-state index in [4.69, 9.17) is 0 Å². The predicted octanol–water partition coefficient (Wildman–Crippen LogP) is 1.74. The largest absolute Gasteiger partial charge is 0.390 e. The summed E-state index contributed by atoms with van der Waals surface area (Å²) in [7, 11) is -3.09. The lowest BCUT2D eigenvalue weighted by atomic mass is 9.72. The van der Waals surface area contributed by atoms with E-state index in [1.807, 2.05) is 0 Å². The fourth-order valence-electron chi connectivity index (χ4n) is 3.64. The van der Waals surface area contributed by atoms with Crippen molar-refractivity contribution in [1.29, 1.82) is 0 Å². The van der Waals surface area contributed by atoms with E-state index in [9.17, 15) is 13.5 Å². The fourth-order valence-corrected chi connectivity index (χ4v) is 5.31. The normalized spacial score (nSPS) is 37.0. The van der Waals surface area contributed by atoms with Crippen LogP contribution in [0, 0.1) is 11.8 Å². The van der Waals surface area contributed by atoms with E-state index in [-0.39, 0.29) is 5.92 Å². The zero-order valence-electron chi connectivity index (χ0n) is 11.6. The molecule has 19 heavy (non-hydrogen) atoms. The topological polar surface area (TPSA) is 57.6 Å². The molecule has 1 heterocycles. The lowest BCUT2D eigenvalue weighted by Gasteiger charge is -2.46. The van der Waals surface area contributed by atoms with Crippen LogP contribution < -0.4 is 0 Å². The first-order chi connectivity index (χ1) is 9.00. The second-order valence-corrected chi connectivity index (χ2v) is 8.79. The van der Waals surface area contributed by atoms with Crippen LogP contribution in [-0.2, 0) is 10.0 Å². The molecule has 0 amide bonds. The smallest absolute Gasteiger partial charge is 0.214 e. The van der Waals surface area contributed by atoms with Gasteiger partial charge in [0.1, 0.15) is 0 Å². The van der Waals surface area contributed by atoms with Crippen molar-refractivity contribution < 1.29 is 13.5 Å². The standard InChI is InChI=1S/C14H25NO3S/c16-14-7-2-1-3-13(14)11-15(9-8-14)19(17,18)10-6-12-4-5-12/h12-13,16H,1-11H2. The molecule has 0 radical (unpaired) electrons. The maximum Gasteiger partial charge on any atom is 0.214 e. The van der Waals surface area contributed by atoms with E-state index in [0.717, 1.165) is 32.1 Å². The van der Waals surface area contributed by atoms with Crippen LogP contribution in [0.25, 0.3) is 0 Å². The van der Waals surface area contributed by atoms with Crippen LogP contribution in [0.1, 0.15) is 51.4 Å². The third-order valence-corrected chi connectivity index (χ3v) is 7.13. The van der Waals surface area contributed by atoms with Crippen LogP contribution in [0.3, 0.4) is 0 Å². The molecule has 4 nitrogen and oxygen atoms in total. The third-order valence-electron chi connectivity index (χ3n) is 5.26. The lowest BCUT2D eigenvalue weighted by Crippen LogP contribution is -2.54. The summed E-state index contributed by atoms with van der Waals surface area (Å²) >= 11 is 0. The summed E-state index contributed by atoms with van der Waals surface area (Å²) in [6, 6.07) is 0. The molecule has 0 bridgehead atoms.